The molecular formula is C14H19NO2. The highest BCUT2D eigenvalue weighted by molar-refractivity contribution is 5.40. The average Bonchev–Trinajstić information content (AvgIpc) is 2.72. The summed E-state index contributed by atoms with van der Waals surface area (Å²) in [5.74, 6) is 0.622. The van der Waals surface area contributed by atoms with Crippen molar-refractivity contribution in [1.82, 2.24) is 5.32 Å². The van der Waals surface area contributed by atoms with Crippen LogP contribution in [-0.2, 0) is 11.2 Å². The maximum atomic E-state index is 10.1. The Kier molecular flexibility index (Phi) is 2.90. The van der Waals surface area contributed by atoms with Gasteiger partial charge in [-0.3, -0.25) is 0 Å². The smallest absolute Gasteiger partial charge is 0.102 e. The van der Waals surface area contributed by atoms with E-state index in [1.807, 2.05) is 0 Å². The van der Waals surface area contributed by atoms with Crippen LogP contribution in [-0.4, -0.2) is 37.0 Å². The van der Waals surface area contributed by atoms with Crippen LogP contribution < -0.4 is 5.32 Å². The molecule has 0 amide bonds. The molecule has 2 aliphatic rings. The summed E-state index contributed by atoms with van der Waals surface area (Å²) in [6.45, 7) is 2.76. The lowest BCUT2D eigenvalue weighted by atomic mass is 9.77. The van der Waals surface area contributed by atoms with Gasteiger partial charge in [0.1, 0.15) is 5.60 Å². The summed E-state index contributed by atoms with van der Waals surface area (Å²) < 4.78 is 5.22. The quantitative estimate of drug-likeness (QED) is 0.817. The van der Waals surface area contributed by atoms with E-state index in [0.29, 0.717) is 25.7 Å². The molecule has 92 valence electrons. The van der Waals surface area contributed by atoms with Gasteiger partial charge in [0.05, 0.1) is 6.61 Å². The Morgan fingerprint density at radius 3 is 3.06 bits per heavy atom. The van der Waals surface area contributed by atoms with Crippen molar-refractivity contribution in [3.05, 3.63) is 35.4 Å². The Balaban J connectivity index is 1.48. The van der Waals surface area contributed by atoms with E-state index in [1.54, 1.807) is 0 Å². The average molecular weight is 233 g/mol. The number of benzene rings is 1. The summed E-state index contributed by atoms with van der Waals surface area (Å²) in [5, 5.41) is 13.5. The second-order valence-corrected chi connectivity index (χ2v) is 5.26. The fraction of sp³-hybridized carbons (Fsp3) is 0.571. The first-order chi connectivity index (χ1) is 8.27. The molecule has 3 nitrogen and oxygen atoms in total. The number of aliphatic hydroxyl groups is 1. The molecule has 1 aliphatic carbocycles. The maximum absolute atomic E-state index is 10.1. The van der Waals surface area contributed by atoms with Crippen LogP contribution in [0.25, 0.3) is 0 Å². The summed E-state index contributed by atoms with van der Waals surface area (Å²) in [6, 6.07) is 8.60. The highest BCUT2D eigenvalue weighted by Gasteiger charge is 2.32. The second-order valence-electron chi connectivity index (χ2n) is 5.26. The molecule has 0 spiro atoms. The van der Waals surface area contributed by atoms with Gasteiger partial charge in [-0.15, -0.1) is 0 Å². The zero-order valence-electron chi connectivity index (χ0n) is 9.98. The molecule has 0 aromatic heterocycles. The van der Waals surface area contributed by atoms with Crippen molar-refractivity contribution >= 4 is 0 Å². The minimum Gasteiger partial charge on any atom is -0.386 e. The summed E-state index contributed by atoms with van der Waals surface area (Å²) in [4.78, 5) is 0. The van der Waals surface area contributed by atoms with E-state index in [-0.39, 0.29) is 0 Å². The first-order valence-electron chi connectivity index (χ1n) is 6.35. The molecular weight excluding hydrogens is 214 g/mol. The molecule has 2 N–H and O–H groups in total. The number of hydrogen-bond acceptors (Lipinski definition) is 3. The molecule has 1 aliphatic heterocycles. The standard InChI is InChI=1S/C14H19NO2/c16-14(5-6-17-10-14)9-15-8-12-7-11-3-1-2-4-13(11)12/h1-4,12,15-16H,5-10H2. The predicted octanol–water partition coefficient (Wildman–Crippen LogP) is 1.07. The Morgan fingerprint density at radius 2 is 2.29 bits per heavy atom. The van der Waals surface area contributed by atoms with Gasteiger partial charge in [-0.25, -0.2) is 0 Å². The third-order valence-corrected chi connectivity index (χ3v) is 3.89. The van der Waals surface area contributed by atoms with E-state index >= 15 is 0 Å². The van der Waals surface area contributed by atoms with Crippen molar-refractivity contribution in [2.45, 2.75) is 24.4 Å². The van der Waals surface area contributed by atoms with Crippen molar-refractivity contribution < 1.29 is 9.84 Å². The van der Waals surface area contributed by atoms with E-state index in [1.165, 1.54) is 11.1 Å². The molecule has 2 atom stereocenters. The SMILES string of the molecule is OC1(CNCC2Cc3ccccc32)CCOC1. The second kappa shape index (κ2) is 4.41. The normalized spacial score (nSPS) is 31.0. The van der Waals surface area contributed by atoms with Crippen LogP contribution in [0.4, 0.5) is 0 Å². The van der Waals surface area contributed by atoms with Crippen molar-refractivity contribution in [1.29, 1.82) is 0 Å². The Hall–Kier alpha value is -0.900. The van der Waals surface area contributed by atoms with E-state index in [4.69, 9.17) is 4.74 Å². The molecule has 2 unspecified atom stereocenters. The lowest BCUT2D eigenvalue weighted by molar-refractivity contribution is 0.0268. The van der Waals surface area contributed by atoms with Gasteiger partial charge in [-0.1, -0.05) is 24.3 Å². The van der Waals surface area contributed by atoms with Gasteiger partial charge in [0, 0.05) is 32.0 Å². The van der Waals surface area contributed by atoms with Crippen molar-refractivity contribution in [2.24, 2.45) is 0 Å². The summed E-state index contributed by atoms with van der Waals surface area (Å²) >= 11 is 0. The molecule has 0 saturated carbocycles. The monoisotopic (exact) mass is 233 g/mol. The van der Waals surface area contributed by atoms with E-state index < -0.39 is 5.60 Å². The Bertz CT molecular complexity index is 399. The Morgan fingerprint density at radius 1 is 1.41 bits per heavy atom. The molecule has 1 saturated heterocycles. The number of hydrogen-bond donors (Lipinski definition) is 2. The molecule has 1 aromatic carbocycles. The first kappa shape index (κ1) is 11.2. The number of fused-ring (bicyclic) bond motifs is 1. The number of rotatable bonds is 4. The van der Waals surface area contributed by atoms with Crippen LogP contribution in [0.3, 0.4) is 0 Å². The maximum Gasteiger partial charge on any atom is 0.102 e. The minimum atomic E-state index is -0.636. The van der Waals surface area contributed by atoms with E-state index in [9.17, 15) is 5.11 Å². The molecule has 1 aromatic rings. The molecule has 3 rings (SSSR count). The third kappa shape index (κ3) is 2.23. The zero-order valence-corrected chi connectivity index (χ0v) is 9.98. The van der Waals surface area contributed by atoms with Crippen LogP contribution in [0.15, 0.2) is 24.3 Å². The molecule has 1 fully saturated rings. The van der Waals surface area contributed by atoms with Gasteiger partial charge in [0.2, 0.25) is 0 Å². The van der Waals surface area contributed by atoms with Crippen LogP contribution >= 0.6 is 0 Å². The van der Waals surface area contributed by atoms with E-state index in [2.05, 4.69) is 29.6 Å². The summed E-state index contributed by atoms with van der Waals surface area (Å²) in [5.41, 5.74) is 2.31. The molecule has 17 heavy (non-hydrogen) atoms. The van der Waals surface area contributed by atoms with Crippen LogP contribution in [0.2, 0.25) is 0 Å². The van der Waals surface area contributed by atoms with Gasteiger partial charge in [-0.2, -0.15) is 0 Å². The predicted molar refractivity (Wildman–Crippen MR) is 66.1 cm³/mol. The fourth-order valence-corrected chi connectivity index (χ4v) is 2.76. The lowest BCUT2D eigenvalue weighted by Gasteiger charge is -2.31. The van der Waals surface area contributed by atoms with Gasteiger partial charge < -0.3 is 15.2 Å². The third-order valence-electron chi connectivity index (χ3n) is 3.89. The van der Waals surface area contributed by atoms with Gasteiger partial charge >= 0.3 is 0 Å². The van der Waals surface area contributed by atoms with Crippen LogP contribution in [0, 0.1) is 0 Å². The minimum absolute atomic E-state index is 0.473. The highest BCUT2D eigenvalue weighted by Crippen LogP contribution is 2.34. The van der Waals surface area contributed by atoms with Crippen LogP contribution in [0.5, 0.6) is 0 Å². The fourth-order valence-electron chi connectivity index (χ4n) is 2.76. The molecule has 3 heteroatoms. The molecule has 1 heterocycles. The first-order valence-corrected chi connectivity index (χ1v) is 6.35. The zero-order chi connectivity index (χ0) is 11.7. The van der Waals surface area contributed by atoms with Gasteiger partial charge in [-0.05, 0) is 17.5 Å². The van der Waals surface area contributed by atoms with Crippen molar-refractivity contribution in [2.75, 3.05) is 26.3 Å². The molecule has 0 bridgehead atoms. The Labute approximate surface area is 102 Å². The van der Waals surface area contributed by atoms with Gasteiger partial charge in [0.25, 0.3) is 0 Å². The van der Waals surface area contributed by atoms with Gasteiger partial charge in [0.15, 0.2) is 0 Å². The summed E-state index contributed by atoms with van der Waals surface area (Å²) in [6.07, 6.45) is 1.92. The van der Waals surface area contributed by atoms with E-state index in [0.717, 1.165) is 19.4 Å². The van der Waals surface area contributed by atoms with Crippen molar-refractivity contribution in [3.8, 4) is 0 Å². The number of ether oxygens (including phenoxy) is 1. The lowest BCUT2D eigenvalue weighted by Crippen LogP contribution is -2.43. The number of nitrogens with one attached hydrogen (secondary N) is 1. The highest BCUT2D eigenvalue weighted by atomic mass is 16.5. The largest absolute Gasteiger partial charge is 0.386 e. The van der Waals surface area contributed by atoms with Crippen molar-refractivity contribution in [3.63, 3.8) is 0 Å². The topological polar surface area (TPSA) is 41.5 Å². The summed E-state index contributed by atoms with van der Waals surface area (Å²) in [7, 11) is 0. The van der Waals surface area contributed by atoms with Crippen LogP contribution in [0.1, 0.15) is 23.5 Å². The molecule has 0 radical (unpaired) electrons.